The number of ether oxygens (including phenoxy) is 1. The fraction of sp³-hybridized carbons (Fsp3) is 0.950. The van der Waals surface area contributed by atoms with Crippen molar-refractivity contribution in [1.82, 2.24) is 0 Å². The summed E-state index contributed by atoms with van der Waals surface area (Å²) in [6.45, 7) is 3.64. The molecule has 1 unspecified atom stereocenters. The molecule has 1 atom stereocenters. The largest absolute Gasteiger partial charge is 0.466 e. The fourth-order valence-electron chi connectivity index (χ4n) is 2.65. The van der Waals surface area contributed by atoms with Gasteiger partial charge in [0.05, 0.1) is 18.8 Å². The monoisotopic (exact) mass is 344 g/mol. The van der Waals surface area contributed by atoms with Crippen LogP contribution < -0.4 is 0 Å². The summed E-state index contributed by atoms with van der Waals surface area (Å²) in [7, 11) is 0. The van der Waals surface area contributed by atoms with Crippen molar-refractivity contribution in [1.29, 1.82) is 0 Å². The van der Waals surface area contributed by atoms with E-state index in [0.717, 1.165) is 12.8 Å². The maximum atomic E-state index is 11.5. The Kier molecular flexibility index (Phi) is 15.5. The third-order valence-electron chi connectivity index (χ3n) is 4.48. The molecule has 0 saturated heterocycles. The Morgan fingerprint density at radius 2 is 1.33 bits per heavy atom. The normalized spacial score (nSPS) is 13.7. The minimum Gasteiger partial charge on any atom is -0.466 e. The van der Waals surface area contributed by atoms with Crippen molar-refractivity contribution in [2.75, 3.05) is 13.2 Å². The first kappa shape index (κ1) is 23.4. The summed E-state index contributed by atoms with van der Waals surface area (Å²) in [6, 6.07) is 0. The van der Waals surface area contributed by atoms with Crippen LogP contribution in [0.2, 0.25) is 0 Å². The molecule has 0 aliphatic carbocycles. The number of carbonyl (C=O) groups is 1. The van der Waals surface area contributed by atoms with Crippen LogP contribution in [0.5, 0.6) is 0 Å². The van der Waals surface area contributed by atoms with Crippen LogP contribution in [0.3, 0.4) is 0 Å². The number of carbonyl (C=O) groups excluding carboxylic acids is 1. The number of aliphatic hydroxyl groups excluding tert-OH is 1. The second-order valence-corrected chi connectivity index (χ2v) is 7.26. The Hall–Kier alpha value is -0.610. The van der Waals surface area contributed by atoms with Crippen LogP contribution in [0.4, 0.5) is 0 Å². The van der Waals surface area contributed by atoms with Crippen LogP contribution in [0.15, 0.2) is 0 Å². The van der Waals surface area contributed by atoms with Crippen molar-refractivity contribution in [3.8, 4) is 0 Å². The SMILES string of the molecule is CCCCCCCCCCCCCCC(=O)OCCC(C)(O)CO. The number of hydrogen-bond acceptors (Lipinski definition) is 4. The van der Waals surface area contributed by atoms with E-state index < -0.39 is 5.60 Å². The molecule has 0 aromatic carbocycles. The van der Waals surface area contributed by atoms with Crippen molar-refractivity contribution in [3.05, 3.63) is 0 Å². The summed E-state index contributed by atoms with van der Waals surface area (Å²) < 4.78 is 5.07. The standard InChI is InChI=1S/C20H40O4/c1-3-4-5-6-7-8-9-10-11-12-13-14-15-19(22)24-17-16-20(2,23)18-21/h21,23H,3-18H2,1-2H3. The molecule has 0 aromatic rings. The zero-order valence-electron chi connectivity index (χ0n) is 16.0. The van der Waals surface area contributed by atoms with Crippen LogP contribution in [0, 0.1) is 0 Å². The van der Waals surface area contributed by atoms with Crippen molar-refractivity contribution in [3.63, 3.8) is 0 Å². The highest BCUT2D eigenvalue weighted by Gasteiger charge is 2.19. The predicted octanol–water partition coefficient (Wildman–Crippen LogP) is 4.75. The van der Waals surface area contributed by atoms with E-state index in [0.29, 0.717) is 6.42 Å². The number of unbranched alkanes of at least 4 members (excludes halogenated alkanes) is 11. The lowest BCUT2D eigenvalue weighted by Crippen LogP contribution is -2.30. The van der Waals surface area contributed by atoms with Gasteiger partial charge in [0, 0.05) is 12.8 Å². The van der Waals surface area contributed by atoms with Gasteiger partial charge in [-0.1, -0.05) is 77.6 Å². The van der Waals surface area contributed by atoms with Gasteiger partial charge in [0.2, 0.25) is 0 Å². The second kappa shape index (κ2) is 15.9. The van der Waals surface area contributed by atoms with E-state index in [1.165, 1.54) is 71.1 Å². The molecule has 24 heavy (non-hydrogen) atoms. The topological polar surface area (TPSA) is 66.8 Å². The van der Waals surface area contributed by atoms with E-state index in [4.69, 9.17) is 9.84 Å². The lowest BCUT2D eigenvalue weighted by molar-refractivity contribution is -0.145. The maximum absolute atomic E-state index is 11.5. The molecule has 0 amide bonds. The number of aliphatic hydroxyl groups is 2. The van der Waals surface area contributed by atoms with E-state index in [-0.39, 0.29) is 25.6 Å². The van der Waals surface area contributed by atoms with Crippen molar-refractivity contribution in [2.24, 2.45) is 0 Å². The average Bonchev–Trinajstić information content (AvgIpc) is 2.55. The Balaban J connectivity index is 3.25. The summed E-state index contributed by atoms with van der Waals surface area (Å²) in [6.07, 6.45) is 16.1. The summed E-state index contributed by atoms with van der Waals surface area (Å²) in [5, 5.41) is 18.5. The highest BCUT2D eigenvalue weighted by atomic mass is 16.5. The van der Waals surface area contributed by atoms with E-state index in [1.54, 1.807) is 0 Å². The van der Waals surface area contributed by atoms with E-state index in [9.17, 15) is 9.90 Å². The van der Waals surface area contributed by atoms with Crippen molar-refractivity contribution in [2.45, 2.75) is 109 Å². The molecule has 0 bridgehead atoms. The number of esters is 1. The minimum atomic E-state index is -1.16. The minimum absolute atomic E-state index is 0.171. The lowest BCUT2D eigenvalue weighted by Gasteiger charge is -2.19. The Labute approximate surface area is 149 Å². The molecule has 4 nitrogen and oxygen atoms in total. The van der Waals surface area contributed by atoms with Gasteiger partial charge in [0.1, 0.15) is 0 Å². The van der Waals surface area contributed by atoms with Crippen molar-refractivity contribution >= 4 is 5.97 Å². The van der Waals surface area contributed by atoms with Gasteiger partial charge < -0.3 is 14.9 Å². The zero-order valence-corrected chi connectivity index (χ0v) is 16.0. The highest BCUT2D eigenvalue weighted by Crippen LogP contribution is 2.13. The zero-order chi connectivity index (χ0) is 18.1. The first-order chi connectivity index (χ1) is 11.5. The van der Waals surface area contributed by atoms with Gasteiger partial charge in [-0.3, -0.25) is 4.79 Å². The third-order valence-corrected chi connectivity index (χ3v) is 4.48. The molecular weight excluding hydrogens is 304 g/mol. The first-order valence-corrected chi connectivity index (χ1v) is 10.0. The Morgan fingerprint density at radius 3 is 1.79 bits per heavy atom. The lowest BCUT2D eigenvalue weighted by atomic mass is 10.0. The summed E-state index contributed by atoms with van der Waals surface area (Å²) >= 11 is 0. The molecule has 0 aromatic heterocycles. The Morgan fingerprint density at radius 1 is 0.875 bits per heavy atom. The van der Waals surface area contributed by atoms with Crippen LogP contribution >= 0.6 is 0 Å². The maximum Gasteiger partial charge on any atom is 0.305 e. The van der Waals surface area contributed by atoms with Crippen LogP contribution in [-0.4, -0.2) is 35.0 Å². The molecule has 144 valence electrons. The summed E-state index contributed by atoms with van der Waals surface area (Å²) in [5.74, 6) is -0.198. The summed E-state index contributed by atoms with van der Waals surface area (Å²) in [5.41, 5.74) is -1.16. The molecule has 4 heteroatoms. The molecule has 0 radical (unpaired) electrons. The van der Waals surface area contributed by atoms with Crippen LogP contribution in [0.25, 0.3) is 0 Å². The van der Waals surface area contributed by atoms with Gasteiger partial charge in [-0.2, -0.15) is 0 Å². The third kappa shape index (κ3) is 16.3. The molecule has 0 rings (SSSR count). The van der Waals surface area contributed by atoms with E-state index >= 15 is 0 Å². The molecule has 0 aliphatic rings. The van der Waals surface area contributed by atoms with Gasteiger partial charge in [-0.25, -0.2) is 0 Å². The smallest absolute Gasteiger partial charge is 0.305 e. The molecule has 0 fully saturated rings. The molecule has 0 spiro atoms. The fourth-order valence-corrected chi connectivity index (χ4v) is 2.65. The van der Waals surface area contributed by atoms with Crippen LogP contribution in [0.1, 0.15) is 104 Å². The van der Waals surface area contributed by atoms with E-state index in [2.05, 4.69) is 6.92 Å². The molecule has 0 heterocycles. The van der Waals surface area contributed by atoms with Gasteiger partial charge in [0.25, 0.3) is 0 Å². The summed E-state index contributed by atoms with van der Waals surface area (Å²) in [4.78, 5) is 11.5. The highest BCUT2D eigenvalue weighted by molar-refractivity contribution is 5.69. The number of rotatable bonds is 17. The van der Waals surface area contributed by atoms with Gasteiger partial charge in [-0.05, 0) is 13.3 Å². The first-order valence-electron chi connectivity index (χ1n) is 10.0. The molecular formula is C20H40O4. The van der Waals surface area contributed by atoms with E-state index in [1.807, 2.05) is 0 Å². The predicted molar refractivity (Wildman–Crippen MR) is 99.0 cm³/mol. The van der Waals surface area contributed by atoms with Gasteiger partial charge >= 0.3 is 5.97 Å². The average molecular weight is 345 g/mol. The second-order valence-electron chi connectivity index (χ2n) is 7.26. The molecule has 0 saturated carbocycles. The molecule has 0 aliphatic heterocycles. The van der Waals surface area contributed by atoms with Crippen LogP contribution in [-0.2, 0) is 9.53 Å². The number of hydrogen-bond donors (Lipinski definition) is 2. The molecule has 2 N–H and O–H groups in total. The van der Waals surface area contributed by atoms with Gasteiger partial charge in [-0.15, -0.1) is 0 Å². The quantitative estimate of drug-likeness (QED) is 0.295. The van der Waals surface area contributed by atoms with Crippen molar-refractivity contribution < 1.29 is 19.7 Å². The Bertz CT molecular complexity index is 289. The van der Waals surface area contributed by atoms with Gasteiger partial charge in [0.15, 0.2) is 0 Å².